The van der Waals surface area contributed by atoms with E-state index in [1.807, 2.05) is 12.1 Å². The van der Waals surface area contributed by atoms with Crippen LogP contribution in [0, 0.1) is 0 Å². The molecular weight excluding hydrogens is 264 g/mol. The van der Waals surface area contributed by atoms with Gasteiger partial charge in [-0.2, -0.15) is 0 Å². The lowest BCUT2D eigenvalue weighted by Gasteiger charge is -2.34. The second-order valence-corrected chi connectivity index (χ2v) is 5.28. The SMILES string of the molecule is C=CCNC(=O)CNc1ccc(N2CCN(C)CC2)cc1. The summed E-state index contributed by atoms with van der Waals surface area (Å²) in [5.41, 5.74) is 2.20. The van der Waals surface area contributed by atoms with Crippen molar-refractivity contribution >= 4 is 17.3 Å². The van der Waals surface area contributed by atoms with Crippen molar-refractivity contribution in [2.75, 3.05) is 56.5 Å². The highest BCUT2D eigenvalue weighted by molar-refractivity contribution is 5.80. The molecule has 1 aliphatic rings. The minimum Gasteiger partial charge on any atom is -0.376 e. The molecule has 2 rings (SSSR count). The number of likely N-dealkylation sites (N-methyl/N-ethyl adjacent to an activating group) is 1. The predicted molar refractivity (Wildman–Crippen MR) is 87.8 cm³/mol. The molecule has 1 saturated heterocycles. The Morgan fingerprint density at radius 3 is 2.52 bits per heavy atom. The number of carbonyl (C=O) groups excluding carboxylic acids is 1. The van der Waals surface area contributed by atoms with Crippen LogP contribution in [0.1, 0.15) is 0 Å². The Kier molecular flexibility index (Phi) is 5.63. The normalized spacial score (nSPS) is 15.6. The lowest BCUT2D eigenvalue weighted by molar-refractivity contribution is -0.119. The van der Waals surface area contributed by atoms with Gasteiger partial charge in [-0.05, 0) is 31.3 Å². The lowest BCUT2D eigenvalue weighted by atomic mass is 10.2. The molecule has 5 nitrogen and oxygen atoms in total. The highest BCUT2D eigenvalue weighted by atomic mass is 16.1. The smallest absolute Gasteiger partial charge is 0.239 e. The van der Waals surface area contributed by atoms with Crippen LogP contribution in [-0.2, 0) is 4.79 Å². The quantitative estimate of drug-likeness (QED) is 0.771. The van der Waals surface area contributed by atoms with Gasteiger partial charge in [0.15, 0.2) is 0 Å². The van der Waals surface area contributed by atoms with Gasteiger partial charge in [0.2, 0.25) is 5.91 Å². The minimum atomic E-state index is -0.0296. The van der Waals surface area contributed by atoms with E-state index in [9.17, 15) is 4.79 Å². The number of anilines is 2. The van der Waals surface area contributed by atoms with Gasteiger partial charge in [0, 0.05) is 44.1 Å². The van der Waals surface area contributed by atoms with Crippen LogP contribution in [0.5, 0.6) is 0 Å². The van der Waals surface area contributed by atoms with Crippen molar-refractivity contribution in [2.24, 2.45) is 0 Å². The first-order chi connectivity index (χ1) is 10.2. The van der Waals surface area contributed by atoms with Crippen LogP contribution < -0.4 is 15.5 Å². The molecule has 1 heterocycles. The van der Waals surface area contributed by atoms with Crippen molar-refractivity contribution in [1.29, 1.82) is 0 Å². The van der Waals surface area contributed by atoms with Crippen molar-refractivity contribution in [3.63, 3.8) is 0 Å². The molecule has 114 valence electrons. The van der Waals surface area contributed by atoms with Gasteiger partial charge in [-0.25, -0.2) is 0 Å². The van der Waals surface area contributed by atoms with Crippen LogP contribution in [-0.4, -0.2) is 57.1 Å². The average Bonchev–Trinajstić information content (AvgIpc) is 2.52. The van der Waals surface area contributed by atoms with Crippen molar-refractivity contribution in [1.82, 2.24) is 10.2 Å². The van der Waals surface area contributed by atoms with Crippen LogP contribution in [0.4, 0.5) is 11.4 Å². The molecule has 0 unspecified atom stereocenters. The van der Waals surface area contributed by atoms with Gasteiger partial charge in [-0.3, -0.25) is 4.79 Å². The summed E-state index contributed by atoms with van der Waals surface area (Å²) in [6.07, 6.45) is 1.67. The molecule has 1 aromatic rings. The van der Waals surface area contributed by atoms with Crippen molar-refractivity contribution in [3.8, 4) is 0 Å². The molecule has 0 atom stereocenters. The van der Waals surface area contributed by atoms with Crippen LogP contribution >= 0.6 is 0 Å². The Morgan fingerprint density at radius 1 is 1.24 bits per heavy atom. The maximum atomic E-state index is 11.5. The number of nitrogens with one attached hydrogen (secondary N) is 2. The van der Waals surface area contributed by atoms with Gasteiger partial charge in [0.1, 0.15) is 0 Å². The number of rotatable bonds is 6. The predicted octanol–water partition coefficient (Wildman–Crippen LogP) is 1.15. The van der Waals surface area contributed by atoms with Crippen molar-refractivity contribution in [2.45, 2.75) is 0 Å². The van der Waals surface area contributed by atoms with E-state index in [4.69, 9.17) is 0 Å². The number of hydrogen-bond donors (Lipinski definition) is 2. The van der Waals surface area contributed by atoms with Crippen molar-refractivity contribution in [3.05, 3.63) is 36.9 Å². The maximum absolute atomic E-state index is 11.5. The highest BCUT2D eigenvalue weighted by Gasteiger charge is 2.13. The Hall–Kier alpha value is -2.01. The van der Waals surface area contributed by atoms with E-state index in [0.29, 0.717) is 6.54 Å². The third kappa shape index (κ3) is 4.79. The molecule has 5 heteroatoms. The molecule has 1 fully saturated rings. The van der Waals surface area contributed by atoms with E-state index < -0.39 is 0 Å². The molecule has 1 aliphatic heterocycles. The summed E-state index contributed by atoms with van der Waals surface area (Å²) in [6.45, 7) is 8.68. The first-order valence-corrected chi connectivity index (χ1v) is 7.34. The van der Waals surface area contributed by atoms with Gasteiger partial charge in [-0.15, -0.1) is 6.58 Å². The molecule has 0 aliphatic carbocycles. The number of carbonyl (C=O) groups is 1. The van der Waals surface area contributed by atoms with Crippen LogP contribution in [0.15, 0.2) is 36.9 Å². The Morgan fingerprint density at radius 2 is 1.90 bits per heavy atom. The summed E-state index contributed by atoms with van der Waals surface area (Å²) in [6, 6.07) is 8.26. The van der Waals surface area contributed by atoms with E-state index in [1.165, 1.54) is 5.69 Å². The number of hydrogen-bond acceptors (Lipinski definition) is 4. The monoisotopic (exact) mass is 288 g/mol. The van der Waals surface area contributed by atoms with Gasteiger partial charge >= 0.3 is 0 Å². The number of benzene rings is 1. The van der Waals surface area contributed by atoms with Gasteiger partial charge in [0.05, 0.1) is 6.54 Å². The minimum absolute atomic E-state index is 0.0296. The molecule has 0 aromatic heterocycles. The van der Waals surface area contributed by atoms with E-state index >= 15 is 0 Å². The summed E-state index contributed by atoms with van der Waals surface area (Å²) in [7, 11) is 2.15. The Bertz CT molecular complexity index is 464. The highest BCUT2D eigenvalue weighted by Crippen LogP contribution is 2.19. The molecular formula is C16H24N4O. The largest absolute Gasteiger partial charge is 0.376 e. The van der Waals surface area contributed by atoms with Gasteiger partial charge in [-0.1, -0.05) is 6.08 Å². The van der Waals surface area contributed by atoms with Gasteiger partial charge < -0.3 is 20.4 Å². The standard InChI is InChI=1S/C16H24N4O/c1-3-8-17-16(21)13-18-14-4-6-15(7-5-14)20-11-9-19(2)10-12-20/h3-7,18H,1,8-13H2,2H3,(H,17,21). The summed E-state index contributed by atoms with van der Waals surface area (Å²) >= 11 is 0. The van der Waals surface area contributed by atoms with Crippen LogP contribution in [0.3, 0.4) is 0 Å². The third-order valence-electron chi connectivity index (χ3n) is 3.63. The molecule has 0 bridgehead atoms. The number of amides is 1. The van der Waals surface area contributed by atoms with E-state index in [2.05, 4.69) is 46.2 Å². The Labute approximate surface area is 126 Å². The summed E-state index contributed by atoms with van der Waals surface area (Å²) in [5.74, 6) is -0.0296. The first kappa shape index (κ1) is 15.4. The topological polar surface area (TPSA) is 47.6 Å². The number of piperazine rings is 1. The first-order valence-electron chi connectivity index (χ1n) is 7.34. The molecule has 0 radical (unpaired) electrons. The third-order valence-corrected chi connectivity index (χ3v) is 3.63. The maximum Gasteiger partial charge on any atom is 0.239 e. The summed E-state index contributed by atoms with van der Waals surface area (Å²) < 4.78 is 0. The Balaban J connectivity index is 1.81. The van der Waals surface area contributed by atoms with Crippen LogP contribution in [0.2, 0.25) is 0 Å². The molecule has 0 spiro atoms. The second-order valence-electron chi connectivity index (χ2n) is 5.28. The van der Waals surface area contributed by atoms with E-state index in [0.717, 1.165) is 31.9 Å². The van der Waals surface area contributed by atoms with E-state index in [1.54, 1.807) is 6.08 Å². The lowest BCUT2D eigenvalue weighted by Crippen LogP contribution is -2.44. The average molecular weight is 288 g/mol. The fourth-order valence-electron chi connectivity index (χ4n) is 2.29. The van der Waals surface area contributed by atoms with Crippen LogP contribution in [0.25, 0.3) is 0 Å². The molecule has 0 saturated carbocycles. The zero-order valence-electron chi connectivity index (χ0n) is 12.6. The molecule has 21 heavy (non-hydrogen) atoms. The fourth-order valence-corrected chi connectivity index (χ4v) is 2.29. The van der Waals surface area contributed by atoms with Crippen molar-refractivity contribution < 1.29 is 4.79 Å². The summed E-state index contributed by atoms with van der Waals surface area (Å²) in [5, 5.41) is 5.85. The molecule has 1 aromatic carbocycles. The molecule has 2 N–H and O–H groups in total. The summed E-state index contributed by atoms with van der Waals surface area (Å²) in [4.78, 5) is 16.2. The van der Waals surface area contributed by atoms with E-state index in [-0.39, 0.29) is 12.5 Å². The fraction of sp³-hybridized carbons (Fsp3) is 0.438. The zero-order valence-corrected chi connectivity index (χ0v) is 12.6. The van der Waals surface area contributed by atoms with Gasteiger partial charge in [0.25, 0.3) is 0 Å². The zero-order chi connectivity index (χ0) is 15.1. The second kappa shape index (κ2) is 7.69. The number of nitrogens with zero attached hydrogens (tertiary/aromatic N) is 2. The molecule has 1 amide bonds.